The van der Waals surface area contributed by atoms with Crippen LogP contribution in [0.15, 0.2) is 48.7 Å². The van der Waals surface area contributed by atoms with Gasteiger partial charge in [0.2, 0.25) is 10.1 Å². The van der Waals surface area contributed by atoms with Gasteiger partial charge in [-0.05, 0) is 29.8 Å². The summed E-state index contributed by atoms with van der Waals surface area (Å²) < 4.78 is 15.0. The molecule has 0 aliphatic heterocycles. The molecule has 5 nitrogen and oxygen atoms in total. The predicted octanol–water partition coefficient (Wildman–Crippen LogP) is 4.57. The number of imidazole rings is 1. The molecule has 2 N–H and O–H groups in total. The molecular formula is C17H12ClFN4OS. The van der Waals surface area contributed by atoms with Gasteiger partial charge in [0.1, 0.15) is 0 Å². The number of phenols is 1. The number of phenolic OH excluding ortho intramolecular Hbond substituents is 1. The zero-order valence-electron chi connectivity index (χ0n) is 12.8. The van der Waals surface area contributed by atoms with E-state index in [0.29, 0.717) is 22.3 Å². The number of nitrogens with zero attached hydrogens (tertiary/aromatic N) is 3. The van der Waals surface area contributed by atoms with E-state index < -0.39 is 5.82 Å². The maximum absolute atomic E-state index is 13.3. The summed E-state index contributed by atoms with van der Waals surface area (Å²) >= 11 is 7.30. The zero-order chi connectivity index (χ0) is 17.4. The van der Waals surface area contributed by atoms with Gasteiger partial charge in [-0.2, -0.15) is 0 Å². The normalized spacial score (nSPS) is 11.1. The Balaban J connectivity index is 1.51. The maximum atomic E-state index is 13.3. The van der Waals surface area contributed by atoms with Crippen molar-refractivity contribution in [1.82, 2.24) is 14.6 Å². The van der Waals surface area contributed by atoms with Gasteiger partial charge in [0.15, 0.2) is 11.6 Å². The van der Waals surface area contributed by atoms with Crippen molar-refractivity contribution in [2.75, 3.05) is 5.32 Å². The number of benzene rings is 2. The summed E-state index contributed by atoms with van der Waals surface area (Å²) in [7, 11) is 0. The first-order chi connectivity index (χ1) is 12.1. The van der Waals surface area contributed by atoms with Crippen LogP contribution in [0, 0.1) is 5.82 Å². The topological polar surface area (TPSA) is 62.5 Å². The van der Waals surface area contributed by atoms with Gasteiger partial charge >= 0.3 is 0 Å². The molecule has 25 heavy (non-hydrogen) atoms. The number of hydrogen-bond donors (Lipinski definition) is 2. The van der Waals surface area contributed by atoms with Gasteiger partial charge < -0.3 is 10.4 Å². The van der Waals surface area contributed by atoms with Crippen LogP contribution in [-0.2, 0) is 6.54 Å². The summed E-state index contributed by atoms with van der Waals surface area (Å²) in [5, 5.41) is 18.1. The Kier molecular flexibility index (Phi) is 4.03. The van der Waals surface area contributed by atoms with Crippen molar-refractivity contribution in [1.29, 1.82) is 0 Å². The molecule has 0 aliphatic rings. The van der Waals surface area contributed by atoms with Crippen molar-refractivity contribution in [3.63, 3.8) is 0 Å². The number of fused-ring (bicyclic) bond motifs is 1. The minimum atomic E-state index is -0.638. The molecular weight excluding hydrogens is 363 g/mol. The van der Waals surface area contributed by atoms with Gasteiger partial charge in [0.25, 0.3) is 0 Å². The van der Waals surface area contributed by atoms with Crippen molar-refractivity contribution in [3.8, 4) is 17.0 Å². The molecule has 0 aliphatic carbocycles. The fraction of sp³-hybridized carbons (Fsp3) is 0.0588. The third-order valence-electron chi connectivity index (χ3n) is 3.64. The molecule has 0 spiro atoms. The van der Waals surface area contributed by atoms with E-state index in [1.54, 1.807) is 10.6 Å². The summed E-state index contributed by atoms with van der Waals surface area (Å²) in [5.41, 5.74) is 2.50. The fourth-order valence-electron chi connectivity index (χ4n) is 2.37. The van der Waals surface area contributed by atoms with Gasteiger partial charge in [-0.15, -0.1) is 5.10 Å². The van der Waals surface area contributed by atoms with E-state index in [9.17, 15) is 9.50 Å². The van der Waals surface area contributed by atoms with E-state index in [0.717, 1.165) is 16.2 Å². The lowest BCUT2D eigenvalue weighted by atomic mass is 10.2. The Labute approximate surface area is 151 Å². The van der Waals surface area contributed by atoms with E-state index in [2.05, 4.69) is 15.4 Å². The number of anilines is 1. The van der Waals surface area contributed by atoms with E-state index in [1.807, 2.05) is 30.5 Å². The predicted molar refractivity (Wildman–Crippen MR) is 96.7 cm³/mol. The molecule has 0 bridgehead atoms. The van der Waals surface area contributed by atoms with Crippen LogP contribution in [0.5, 0.6) is 5.75 Å². The molecule has 4 rings (SSSR count). The molecule has 0 unspecified atom stereocenters. The second-order valence-corrected chi connectivity index (χ2v) is 6.80. The zero-order valence-corrected chi connectivity index (χ0v) is 14.4. The van der Waals surface area contributed by atoms with Crippen LogP contribution in [0.2, 0.25) is 5.02 Å². The average Bonchev–Trinajstić information content (AvgIpc) is 3.15. The summed E-state index contributed by atoms with van der Waals surface area (Å²) in [5.74, 6) is -0.993. The number of aromatic hydroxyl groups is 1. The Morgan fingerprint density at radius 3 is 2.72 bits per heavy atom. The highest BCUT2D eigenvalue weighted by Crippen LogP contribution is 2.26. The molecule has 0 radical (unpaired) electrons. The van der Waals surface area contributed by atoms with Crippen molar-refractivity contribution in [3.05, 3.63) is 65.1 Å². The van der Waals surface area contributed by atoms with E-state index in [-0.39, 0.29) is 5.75 Å². The minimum absolute atomic E-state index is 0.355. The Hall–Kier alpha value is -2.64. The number of halogens is 2. The lowest BCUT2D eigenvalue weighted by molar-refractivity contribution is 0.432. The lowest BCUT2D eigenvalue weighted by Crippen LogP contribution is -2.00. The first-order valence-corrected chi connectivity index (χ1v) is 8.61. The lowest BCUT2D eigenvalue weighted by Gasteiger charge is -2.03. The Morgan fingerprint density at radius 2 is 2.00 bits per heavy atom. The largest absolute Gasteiger partial charge is 0.505 e. The SMILES string of the molecule is Oc1ccc(CNc2nn3cc(-c4ccc(Cl)cc4)nc3s2)cc1F. The smallest absolute Gasteiger partial charge is 0.214 e. The molecule has 0 fully saturated rings. The summed E-state index contributed by atoms with van der Waals surface area (Å²) in [4.78, 5) is 5.31. The van der Waals surface area contributed by atoms with Gasteiger partial charge in [-0.25, -0.2) is 13.9 Å². The molecule has 2 aromatic heterocycles. The molecule has 4 aromatic rings. The molecule has 2 heterocycles. The number of hydrogen-bond acceptors (Lipinski definition) is 5. The van der Waals surface area contributed by atoms with E-state index >= 15 is 0 Å². The standard InChI is InChI=1S/C17H12ClFN4OS/c18-12-4-2-11(3-5-12)14-9-23-17(21-14)25-16(22-23)20-8-10-1-6-15(24)13(19)7-10/h1-7,9,24H,8H2,(H,20,22). The van der Waals surface area contributed by atoms with Crippen LogP contribution in [0.4, 0.5) is 9.52 Å². The quantitative estimate of drug-likeness (QED) is 0.549. The highest BCUT2D eigenvalue weighted by molar-refractivity contribution is 7.20. The maximum Gasteiger partial charge on any atom is 0.214 e. The van der Waals surface area contributed by atoms with Crippen LogP contribution >= 0.6 is 22.9 Å². The van der Waals surface area contributed by atoms with Crippen LogP contribution in [0.1, 0.15) is 5.56 Å². The van der Waals surface area contributed by atoms with Crippen LogP contribution < -0.4 is 5.32 Å². The summed E-state index contributed by atoms with van der Waals surface area (Å²) in [6.07, 6.45) is 1.85. The molecule has 0 saturated carbocycles. The van der Waals surface area contributed by atoms with Crippen LogP contribution in [0.3, 0.4) is 0 Å². The fourth-order valence-corrected chi connectivity index (χ4v) is 3.27. The molecule has 2 aromatic carbocycles. The van der Waals surface area contributed by atoms with Gasteiger partial charge in [-0.1, -0.05) is 41.1 Å². The summed E-state index contributed by atoms with van der Waals surface area (Å²) in [6.45, 7) is 0.401. The highest BCUT2D eigenvalue weighted by Gasteiger charge is 2.10. The third kappa shape index (κ3) is 3.29. The molecule has 0 amide bonds. The molecule has 0 atom stereocenters. The third-order valence-corrected chi connectivity index (χ3v) is 4.77. The second kappa shape index (κ2) is 6.34. The van der Waals surface area contributed by atoms with Crippen LogP contribution in [0.25, 0.3) is 16.2 Å². The number of aromatic nitrogens is 3. The number of nitrogens with one attached hydrogen (secondary N) is 1. The van der Waals surface area contributed by atoms with Crippen LogP contribution in [-0.4, -0.2) is 19.7 Å². The molecule has 8 heteroatoms. The van der Waals surface area contributed by atoms with Gasteiger partial charge in [0, 0.05) is 17.1 Å². The average molecular weight is 375 g/mol. The first-order valence-electron chi connectivity index (χ1n) is 7.42. The second-order valence-electron chi connectivity index (χ2n) is 5.41. The van der Waals surface area contributed by atoms with E-state index in [1.165, 1.54) is 23.5 Å². The monoisotopic (exact) mass is 374 g/mol. The highest BCUT2D eigenvalue weighted by atomic mass is 35.5. The van der Waals surface area contributed by atoms with Crippen molar-refractivity contribution in [2.24, 2.45) is 0 Å². The van der Waals surface area contributed by atoms with Crippen molar-refractivity contribution < 1.29 is 9.50 Å². The molecule has 0 saturated heterocycles. The first kappa shape index (κ1) is 15.9. The van der Waals surface area contributed by atoms with Gasteiger partial charge in [0.05, 0.1) is 11.9 Å². The van der Waals surface area contributed by atoms with Crippen molar-refractivity contribution >= 4 is 33.0 Å². The van der Waals surface area contributed by atoms with Gasteiger partial charge in [-0.3, -0.25) is 0 Å². The minimum Gasteiger partial charge on any atom is -0.505 e. The summed E-state index contributed by atoms with van der Waals surface area (Å²) in [6, 6.07) is 11.7. The van der Waals surface area contributed by atoms with E-state index in [4.69, 9.17) is 11.6 Å². The number of rotatable bonds is 4. The Bertz CT molecular complexity index is 1010. The molecule has 126 valence electrons. The van der Waals surface area contributed by atoms with Crippen molar-refractivity contribution in [2.45, 2.75) is 6.54 Å². The Morgan fingerprint density at radius 1 is 1.20 bits per heavy atom.